The van der Waals surface area contributed by atoms with Crippen molar-refractivity contribution in [2.45, 2.75) is 12.5 Å². The SMILES string of the molecule is Nc1ccc(OC2CCS(=O)(=O)C2)c2ncccc12. The number of fused-ring (bicyclic) bond motifs is 1. The lowest BCUT2D eigenvalue weighted by atomic mass is 10.1. The van der Waals surface area contributed by atoms with Crippen LogP contribution in [-0.2, 0) is 9.84 Å². The Morgan fingerprint density at radius 3 is 2.89 bits per heavy atom. The fourth-order valence-corrected chi connectivity index (χ4v) is 3.89. The van der Waals surface area contributed by atoms with E-state index >= 15 is 0 Å². The molecule has 1 aliphatic heterocycles. The Morgan fingerprint density at radius 1 is 1.32 bits per heavy atom. The number of anilines is 1. The molecular weight excluding hydrogens is 264 g/mol. The van der Waals surface area contributed by atoms with Crippen molar-refractivity contribution in [3.8, 4) is 5.75 Å². The van der Waals surface area contributed by atoms with E-state index in [0.717, 1.165) is 5.39 Å². The lowest BCUT2D eigenvalue weighted by molar-refractivity contribution is 0.231. The number of nitrogen functional groups attached to an aromatic ring is 1. The van der Waals surface area contributed by atoms with Crippen molar-refractivity contribution in [2.24, 2.45) is 0 Å². The highest BCUT2D eigenvalue weighted by molar-refractivity contribution is 7.91. The van der Waals surface area contributed by atoms with Crippen molar-refractivity contribution in [2.75, 3.05) is 17.2 Å². The van der Waals surface area contributed by atoms with Gasteiger partial charge in [-0.3, -0.25) is 4.98 Å². The Labute approximate surface area is 111 Å². The van der Waals surface area contributed by atoms with Crippen LogP contribution in [0, 0.1) is 0 Å². The molecule has 1 unspecified atom stereocenters. The van der Waals surface area contributed by atoms with Gasteiger partial charge < -0.3 is 10.5 Å². The minimum atomic E-state index is -2.95. The molecular formula is C13H14N2O3S. The molecule has 19 heavy (non-hydrogen) atoms. The molecule has 0 radical (unpaired) electrons. The topological polar surface area (TPSA) is 82.3 Å². The van der Waals surface area contributed by atoms with Crippen molar-refractivity contribution in [3.63, 3.8) is 0 Å². The number of nitrogens with two attached hydrogens (primary N) is 1. The van der Waals surface area contributed by atoms with Crippen molar-refractivity contribution >= 4 is 26.4 Å². The van der Waals surface area contributed by atoms with Gasteiger partial charge in [-0.15, -0.1) is 0 Å². The maximum Gasteiger partial charge on any atom is 0.154 e. The third-order valence-electron chi connectivity index (χ3n) is 3.25. The van der Waals surface area contributed by atoms with Gasteiger partial charge in [-0.25, -0.2) is 8.42 Å². The molecule has 2 N–H and O–H groups in total. The van der Waals surface area contributed by atoms with Gasteiger partial charge in [0.05, 0.1) is 11.5 Å². The lowest BCUT2D eigenvalue weighted by Crippen LogP contribution is -2.18. The molecule has 5 nitrogen and oxygen atoms in total. The normalized spacial score (nSPS) is 21.6. The van der Waals surface area contributed by atoms with Crippen LogP contribution in [0.5, 0.6) is 5.75 Å². The van der Waals surface area contributed by atoms with E-state index in [4.69, 9.17) is 10.5 Å². The second kappa shape index (κ2) is 4.38. The molecule has 0 spiro atoms. The molecule has 1 aromatic carbocycles. The first kappa shape index (κ1) is 12.2. The van der Waals surface area contributed by atoms with Crippen LogP contribution < -0.4 is 10.5 Å². The van der Waals surface area contributed by atoms with Crippen LogP contribution in [0.2, 0.25) is 0 Å². The molecule has 1 saturated heterocycles. The monoisotopic (exact) mass is 278 g/mol. The summed E-state index contributed by atoms with van der Waals surface area (Å²) in [6.07, 6.45) is 1.90. The van der Waals surface area contributed by atoms with Crippen LogP contribution in [0.1, 0.15) is 6.42 Å². The average Bonchev–Trinajstić information content (AvgIpc) is 2.73. The Hall–Kier alpha value is -1.82. The number of sulfone groups is 1. The molecule has 1 aliphatic rings. The lowest BCUT2D eigenvalue weighted by Gasteiger charge is -2.14. The molecule has 3 rings (SSSR count). The molecule has 0 bridgehead atoms. The Balaban J connectivity index is 1.96. The summed E-state index contributed by atoms with van der Waals surface area (Å²) in [7, 11) is -2.95. The van der Waals surface area contributed by atoms with Gasteiger partial charge in [0.2, 0.25) is 0 Å². The second-order valence-corrected chi connectivity index (χ2v) is 6.92. The zero-order chi connectivity index (χ0) is 13.5. The Kier molecular flexibility index (Phi) is 2.82. The van der Waals surface area contributed by atoms with Crippen LogP contribution in [0.4, 0.5) is 5.69 Å². The van der Waals surface area contributed by atoms with Gasteiger partial charge in [0.15, 0.2) is 9.84 Å². The standard InChI is InChI=1S/C13H14N2O3S/c14-11-3-4-12(13-10(11)2-1-6-15-13)18-9-5-7-19(16,17)8-9/h1-4,6,9H,5,7-8,14H2. The number of hydrogen-bond acceptors (Lipinski definition) is 5. The average molecular weight is 278 g/mol. The maximum absolute atomic E-state index is 11.4. The van der Waals surface area contributed by atoms with Gasteiger partial charge in [-0.05, 0) is 30.7 Å². The van der Waals surface area contributed by atoms with Crippen LogP contribution in [0.3, 0.4) is 0 Å². The summed E-state index contributed by atoms with van der Waals surface area (Å²) in [4.78, 5) is 4.27. The van der Waals surface area contributed by atoms with E-state index in [1.807, 2.05) is 12.1 Å². The van der Waals surface area contributed by atoms with Gasteiger partial charge in [0.25, 0.3) is 0 Å². The molecule has 0 saturated carbocycles. The van der Waals surface area contributed by atoms with E-state index in [2.05, 4.69) is 4.98 Å². The van der Waals surface area contributed by atoms with Gasteiger partial charge in [0.1, 0.15) is 17.4 Å². The number of hydrogen-bond donors (Lipinski definition) is 1. The molecule has 2 heterocycles. The molecule has 1 atom stereocenters. The predicted molar refractivity (Wildman–Crippen MR) is 73.8 cm³/mol. The van der Waals surface area contributed by atoms with Crippen LogP contribution >= 0.6 is 0 Å². The van der Waals surface area contributed by atoms with E-state index < -0.39 is 9.84 Å². The van der Waals surface area contributed by atoms with Gasteiger partial charge in [-0.1, -0.05) is 0 Å². The summed E-state index contributed by atoms with van der Waals surface area (Å²) in [5.74, 6) is 0.857. The van der Waals surface area contributed by atoms with Crippen LogP contribution in [0.25, 0.3) is 10.9 Å². The van der Waals surface area contributed by atoms with Gasteiger partial charge >= 0.3 is 0 Å². The number of nitrogens with zero attached hydrogens (tertiary/aromatic N) is 1. The van der Waals surface area contributed by atoms with E-state index in [9.17, 15) is 8.42 Å². The molecule has 100 valence electrons. The predicted octanol–water partition coefficient (Wildman–Crippen LogP) is 1.38. The number of pyridine rings is 1. The highest BCUT2D eigenvalue weighted by atomic mass is 32.2. The van der Waals surface area contributed by atoms with E-state index in [0.29, 0.717) is 23.4 Å². The molecule has 0 amide bonds. The Bertz CT molecular complexity index is 728. The third kappa shape index (κ3) is 2.35. The number of aromatic nitrogens is 1. The minimum absolute atomic E-state index is 0.0751. The highest BCUT2D eigenvalue weighted by Gasteiger charge is 2.29. The first-order valence-corrected chi connectivity index (χ1v) is 7.87. The molecule has 1 aromatic heterocycles. The third-order valence-corrected chi connectivity index (χ3v) is 4.99. The van der Waals surface area contributed by atoms with Crippen LogP contribution in [-0.4, -0.2) is 31.0 Å². The molecule has 2 aromatic rings. The quantitative estimate of drug-likeness (QED) is 0.839. The smallest absolute Gasteiger partial charge is 0.154 e. The first-order chi connectivity index (χ1) is 9.05. The van der Waals surface area contributed by atoms with Gasteiger partial charge in [-0.2, -0.15) is 0 Å². The van der Waals surface area contributed by atoms with Gasteiger partial charge in [0, 0.05) is 17.3 Å². The molecule has 0 aliphatic carbocycles. The zero-order valence-corrected chi connectivity index (χ0v) is 11.1. The van der Waals surface area contributed by atoms with Crippen molar-refractivity contribution in [3.05, 3.63) is 30.5 Å². The van der Waals surface area contributed by atoms with Crippen molar-refractivity contribution in [1.29, 1.82) is 0 Å². The number of rotatable bonds is 2. The fourth-order valence-electron chi connectivity index (χ4n) is 2.30. The summed E-state index contributed by atoms with van der Waals surface area (Å²) < 4.78 is 28.6. The highest BCUT2D eigenvalue weighted by Crippen LogP contribution is 2.30. The largest absolute Gasteiger partial charge is 0.487 e. The minimum Gasteiger partial charge on any atom is -0.487 e. The summed E-state index contributed by atoms with van der Waals surface area (Å²) in [5, 5.41) is 0.820. The first-order valence-electron chi connectivity index (χ1n) is 6.05. The maximum atomic E-state index is 11.4. The number of ether oxygens (including phenoxy) is 1. The summed E-state index contributed by atoms with van der Waals surface area (Å²) >= 11 is 0. The molecule has 6 heteroatoms. The van der Waals surface area contributed by atoms with Crippen LogP contribution in [0.15, 0.2) is 30.5 Å². The summed E-state index contributed by atoms with van der Waals surface area (Å²) in [5.41, 5.74) is 7.19. The summed E-state index contributed by atoms with van der Waals surface area (Å²) in [6.45, 7) is 0. The summed E-state index contributed by atoms with van der Waals surface area (Å²) in [6, 6.07) is 7.18. The number of benzene rings is 1. The van der Waals surface area contributed by atoms with Crippen molar-refractivity contribution < 1.29 is 13.2 Å². The zero-order valence-electron chi connectivity index (χ0n) is 10.2. The van der Waals surface area contributed by atoms with E-state index in [1.165, 1.54) is 0 Å². The second-order valence-electron chi connectivity index (χ2n) is 4.70. The molecule has 1 fully saturated rings. The Morgan fingerprint density at radius 2 is 2.16 bits per heavy atom. The van der Waals surface area contributed by atoms with Crippen molar-refractivity contribution in [1.82, 2.24) is 4.98 Å². The van der Waals surface area contributed by atoms with E-state index in [-0.39, 0.29) is 17.6 Å². The van der Waals surface area contributed by atoms with E-state index in [1.54, 1.807) is 18.3 Å². The fraction of sp³-hybridized carbons (Fsp3) is 0.308.